The van der Waals surface area contributed by atoms with Crippen LogP contribution in [-0.2, 0) is 7.05 Å². The van der Waals surface area contributed by atoms with Gasteiger partial charge in [-0.2, -0.15) is 0 Å². The smallest absolute Gasteiger partial charge is 0.247 e. The molecule has 3 aromatic heterocycles. The van der Waals surface area contributed by atoms with Crippen LogP contribution in [-0.4, -0.2) is 25.0 Å². The highest BCUT2D eigenvalue weighted by molar-refractivity contribution is 7.99. The predicted octanol–water partition coefficient (Wildman–Crippen LogP) is 4.29. The van der Waals surface area contributed by atoms with Crippen LogP contribution in [0.15, 0.2) is 56.7 Å². The first-order valence-corrected chi connectivity index (χ1v) is 9.00. The molecule has 0 aliphatic carbocycles. The van der Waals surface area contributed by atoms with Gasteiger partial charge in [0.15, 0.2) is 16.7 Å². The fourth-order valence-electron chi connectivity index (χ4n) is 2.46. The third kappa shape index (κ3) is 3.15. The first-order valence-electron chi connectivity index (χ1n) is 8.12. The van der Waals surface area contributed by atoms with E-state index in [2.05, 4.69) is 20.4 Å². The molecule has 1 atom stereocenters. The van der Waals surface area contributed by atoms with Crippen molar-refractivity contribution in [2.24, 2.45) is 7.05 Å². The van der Waals surface area contributed by atoms with E-state index in [1.807, 2.05) is 61.9 Å². The zero-order valence-corrected chi connectivity index (χ0v) is 15.4. The summed E-state index contributed by atoms with van der Waals surface area (Å²) in [6.07, 6.45) is 1.62. The Balaban J connectivity index is 1.52. The number of furan rings is 1. The quantitative estimate of drug-likeness (QED) is 0.487. The van der Waals surface area contributed by atoms with Crippen LogP contribution in [0.4, 0.5) is 0 Å². The minimum atomic E-state index is -0.0611. The molecule has 1 aromatic carbocycles. The van der Waals surface area contributed by atoms with E-state index in [4.69, 9.17) is 8.83 Å². The minimum Gasteiger partial charge on any atom is -0.461 e. The average Bonchev–Trinajstić information content (AvgIpc) is 3.37. The molecule has 7 nitrogen and oxygen atoms in total. The van der Waals surface area contributed by atoms with Crippen molar-refractivity contribution < 1.29 is 8.83 Å². The van der Waals surface area contributed by atoms with Crippen molar-refractivity contribution in [1.29, 1.82) is 0 Å². The SMILES string of the molecule is Cc1ccc(-c2nnc([C@H](C)Sc3nnc(-c4ccco4)n3C)o2)cc1. The summed E-state index contributed by atoms with van der Waals surface area (Å²) in [5, 5.41) is 17.5. The maximum Gasteiger partial charge on any atom is 0.247 e. The lowest BCUT2D eigenvalue weighted by molar-refractivity contribution is 0.508. The molecule has 0 aliphatic heterocycles. The second-order valence-electron chi connectivity index (χ2n) is 5.91. The summed E-state index contributed by atoms with van der Waals surface area (Å²) in [6.45, 7) is 4.04. The summed E-state index contributed by atoms with van der Waals surface area (Å²) in [5.74, 6) is 2.42. The number of aromatic nitrogens is 5. The summed E-state index contributed by atoms with van der Waals surface area (Å²) in [7, 11) is 1.90. The Labute approximate surface area is 154 Å². The molecule has 0 amide bonds. The zero-order chi connectivity index (χ0) is 18.1. The van der Waals surface area contributed by atoms with Gasteiger partial charge in [0.2, 0.25) is 11.8 Å². The van der Waals surface area contributed by atoms with Crippen molar-refractivity contribution in [1.82, 2.24) is 25.0 Å². The maximum absolute atomic E-state index is 5.84. The molecule has 4 aromatic rings. The molecule has 0 spiro atoms. The number of aryl methyl sites for hydroxylation is 1. The number of benzene rings is 1. The predicted molar refractivity (Wildman–Crippen MR) is 97.4 cm³/mol. The molecule has 0 fully saturated rings. The van der Waals surface area contributed by atoms with E-state index < -0.39 is 0 Å². The van der Waals surface area contributed by atoms with Gasteiger partial charge in [-0.25, -0.2) is 0 Å². The Morgan fingerprint density at radius 1 is 1.04 bits per heavy atom. The number of hydrogen-bond acceptors (Lipinski definition) is 7. The highest BCUT2D eigenvalue weighted by Crippen LogP contribution is 2.35. The Kier molecular flexibility index (Phi) is 4.34. The Morgan fingerprint density at radius 3 is 2.58 bits per heavy atom. The van der Waals surface area contributed by atoms with Crippen LogP contribution in [0.5, 0.6) is 0 Å². The van der Waals surface area contributed by atoms with Gasteiger partial charge in [0.05, 0.1) is 11.5 Å². The van der Waals surface area contributed by atoms with Crippen LogP contribution >= 0.6 is 11.8 Å². The molecule has 0 saturated heterocycles. The van der Waals surface area contributed by atoms with Crippen molar-refractivity contribution in [2.45, 2.75) is 24.3 Å². The average molecular weight is 367 g/mol. The molecule has 0 bridgehead atoms. The van der Waals surface area contributed by atoms with Crippen LogP contribution in [0.2, 0.25) is 0 Å². The number of hydrogen-bond donors (Lipinski definition) is 0. The van der Waals surface area contributed by atoms with Crippen molar-refractivity contribution in [3.63, 3.8) is 0 Å². The van der Waals surface area contributed by atoms with E-state index >= 15 is 0 Å². The van der Waals surface area contributed by atoms with Gasteiger partial charge in [-0.15, -0.1) is 20.4 Å². The van der Waals surface area contributed by atoms with Gasteiger partial charge in [0, 0.05) is 12.6 Å². The minimum absolute atomic E-state index is 0.0611. The number of nitrogens with zero attached hydrogens (tertiary/aromatic N) is 5. The second-order valence-corrected chi connectivity index (χ2v) is 7.22. The normalized spacial score (nSPS) is 12.4. The van der Waals surface area contributed by atoms with Gasteiger partial charge in [-0.1, -0.05) is 29.5 Å². The molecule has 0 saturated carbocycles. The van der Waals surface area contributed by atoms with Crippen molar-refractivity contribution in [3.8, 4) is 23.0 Å². The van der Waals surface area contributed by atoms with E-state index in [0.717, 1.165) is 10.7 Å². The lowest BCUT2D eigenvalue weighted by atomic mass is 10.1. The second kappa shape index (κ2) is 6.80. The first kappa shape index (κ1) is 16.6. The van der Waals surface area contributed by atoms with Crippen LogP contribution < -0.4 is 0 Å². The summed E-state index contributed by atoms with van der Waals surface area (Å²) in [5.41, 5.74) is 2.09. The Morgan fingerprint density at radius 2 is 1.85 bits per heavy atom. The summed E-state index contributed by atoms with van der Waals surface area (Å²) >= 11 is 1.50. The van der Waals surface area contributed by atoms with Gasteiger partial charge in [-0.05, 0) is 38.1 Å². The van der Waals surface area contributed by atoms with Crippen molar-refractivity contribution in [3.05, 3.63) is 54.1 Å². The lowest BCUT2D eigenvalue weighted by Crippen LogP contribution is -1.96. The Hall–Kier alpha value is -2.87. The topological polar surface area (TPSA) is 82.8 Å². The van der Waals surface area contributed by atoms with Crippen molar-refractivity contribution >= 4 is 11.8 Å². The standard InChI is InChI=1S/C18H17N5O2S/c1-11-6-8-13(9-7-11)17-21-20-16(25-17)12(2)26-18-22-19-15(23(18)3)14-5-4-10-24-14/h4-10,12H,1-3H3/t12-/m0/s1. The Bertz CT molecular complexity index is 1000. The van der Waals surface area contributed by atoms with Crippen LogP contribution in [0, 0.1) is 6.92 Å². The third-order valence-corrected chi connectivity index (χ3v) is 5.07. The molecule has 0 radical (unpaired) electrons. The first-order chi connectivity index (χ1) is 12.6. The van der Waals surface area contributed by atoms with Gasteiger partial charge < -0.3 is 13.4 Å². The molecule has 26 heavy (non-hydrogen) atoms. The molecule has 132 valence electrons. The summed E-state index contributed by atoms with van der Waals surface area (Å²) in [6, 6.07) is 11.7. The van der Waals surface area contributed by atoms with Gasteiger partial charge >= 0.3 is 0 Å². The molecule has 3 heterocycles. The van der Waals surface area contributed by atoms with Crippen LogP contribution in [0.25, 0.3) is 23.0 Å². The van der Waals surface area contributed by atoms with E-state index in [1.165, 1.54) is 17.3 Å². The third-order valence-electron chi connectivity index (χ3n) is 3.95. The van der Waals surface area contributed by atoms with E-state index in [1.54, 1.807) is 6.26 Å². The fourth-order valence-corrected chi connectivity index (χ4v) is 3.30. The molecule has 0 N–H and O–H groups in total. The monoisotopic (exact) mass is 367 g/mol. The van der Waals surface area contributed by atoms with Gasteiger partial charge in [-0.3, -0.25) is 0 Å². The van der Waals surface area contributed by atoms with Gasteiger partial charge in [0.1, 0.15) is 0 Å². The van der Waals surface area contributed by atoms with E-state index in [9.17, 15) is 0 Å². The summed E-state index contributed by atoms with van der Waals surface area (Å²) < 4.78 is 13.1. The summed E-state index contributed by atoms with van der Waals surface area (Å²) in [4.78, 5) is 0. The van der Waals surface area contributed by atoms with Crippen LogP contribution in [0.3, 0.4) is 0 Å². The molecule has 0 aliphatic rings. The molecule has 0 unspecified atom stereocenters. The highest BCUT2D eigenvalue weighted by Gasteiger charge is 2.20. The molecule has 8 heteroatoms. The van der Waals surface area contributed by atoms with Crippen molar-refractivity contribution in [2.75, 3.05) is 0 Å². The largest absolute Gasteiger partial charge is 0.461 e. The number of rotatable bonds is 5. The van der Waals surface area contributed by atoms with E-state index in [0.29, 0.717) is 23.4 Å². The molecular formula is C18H17N5O2S. The van der Waals surface area contributed by atoms with Crippen LogP contribution in [0.1, 0.15) is 23.6 Å². The fraction of sp³-hybridized carbons (Fsp3) is 0.222. The zero-order valence-electron chi connectivity index (χ0n) is 14.6. The molecular weight excluding hydrogens is 350 g/mol. The maximum atomic E-state index is 5.84. The highest BCUT2D eigenvalue weighted by atomic mass is 32.2. The lowest BCUT2D eigenvalue weighted by Gasteiger charge is -2.06. The van der Waals surface area contributed by atoms with Gasteiger partial charge in [0.25, 0.3) is 0 Å². The molecule has 4 rings (SSSR count). The van der Waals surface area contributed by atoms with E-state index in [-0.39, 0.29) is 5.25 Å². The number of thioether (sulfide) groups is 1.